The van der Waals surface area contributed by atoms with Crippen LogP contribution >= 0.6 is 0 Å². The zero-order valence-corrected chi connectivity index (χ0v) is 20.9. The summed E-state index contributed by atoms with van der Waals surface area (Å²) in [7, 11) is 0. The molecule has 0 amide bonds. The average Bonchev–Trinajstić information content (AvgIpc) is 2.62. The first-order valence-corrected chi connectivity index (χ1v) is 11.0. The summed E-state index contributed by atoms with van der Waals surface area (Å²) in [5.41, 5.74) is 1.28. The van der Waals surface area contributed by atoms with Gasteiger partial charge in [-0.1, -0.05) is 48.6 Å². The number of carbonyl (C=O) groups excluding carboxylic acids is 2. The quantitative estimate of drug-likeness (QED) is 0.188. The molecule has 0 fully saturated rings. The Hall–Kier alpha value is -3.14. The molecule has 0 saturated heterocycles. The molecule has 180 valence electrons. The third-order valence-electron chi connectivity index (χ3n) is 4.39. The fourth-order valence-electron chi connectivity index (χ4n) is 2.94. The molecule has 0 radical (unpaired) electrons. The van der Waals surface area contributed by atoms with E-state index in [1.807, 2.05) is 38.1 Å². The van der Waals surface area contributed by atoms with Crippen LogP contribution in [-0.2, 0) is 19.1 Å². The number of ether oxygens (including phenoxy) is 2. The van der Waals surface area contributed by atoms with Crippen LogP contribution in [0.2, 0.25) is 0 Å². The fraction of sp³-hybridized carbons (Fsp3) is 0.538. The van der Waals surface area contributed by atoms with Crippen LogP contribution in [0.1, 0.15) is 66.0 Å². The second kappa shape index (κ2) is 11.6. The van der Waals surface area contributed by atoms with E-state index in [-0.39, 0.29) is 0 Å². The summed E-state index contributed by atoms with van der Waals surface area (Å²) in [5.74, 6) is 1.06. The summed E-state index contributed by atoms with van der Waals surface area (Å²) in [4.78, 5) is 36.5. The van der Waals surface area contributed by atoms with E-state index in [9.17, 15) is 19.7 Å². The molecule has 1 unspecified atom stereocenters. The molecular formula is C26H35NO6. The minimum absolute atomic E-state index is 0.592. The van der Waals surface area contributed by atoms with Crippen LogP contribution in [0, 0.1) is 40.7 Å². The SMILES string of the molecule is CC/C(=C\C#CC(C[N+](=O)[O-])C(C(=O)OC(C)(C)C)C(=O)OC(C)(C)C)c1ccc(C)cc1. The monoisotopic (exact) mass is 457 g/mol. The van der Waals surface area contributed by atoms with E-state index in [1.165, 1.54) is 0 Å². The number of nitro groups is 1. The lowest BCUT2D eigenvalue weighted by Gasteiger charge is -2.27. The van der Waals surface area contributed by atoms with Crippen molar-refractivity contribution in [2.24, 2.45) is 11.8 Å². The van der Waals surface area contributed by atoms with Gasteiger partial charge in [0.25, 0.3) is 0 Å². The van der Waals surface area contributed by atoms with E-state index in [0.29, 0.717) is 6.42 Å². The van der Waals surface area contributed by atoms with Gasteiger partial charge >= 0.3 is 11.9 Å². The van der Waals surface area contributed by atoms with Gasteiger partial charge in [-0.15, -0.1) is 0 Å². The average molecular weight is 458 g/mol. The van der Waals surface area contributed by atoms with Gasteiger partial charge in [0.15, 0.2) is 5.92 Å². The molecule has 0 bridgehead atoms. The van der Waals surface area contributed by atoms with Crippen molar-refractivity contribution in [1.29, 1.82) is 0 Å². The molecular weight excluding hydrogens is 422 g/mol. The van der Waals surface area contributed by atoms with Crippen LogP contribution in [0.15, 0.2) is 30.3 Å². The van der Waals surface area contributed by atoms with Crippen LogP contribution in [0.4, 0.5) is 0 Å². The first-order valence-electron chi connectivity index (χ1n) is 11.0. The topological polar surface area (TPSA) is 95.7 Å². The maximum Gasteiger partial charge on any atom is 0.322 e. The Morgan fingerprint density at radius 1 is 1.03 bits per heavy atom. The molecule has 0 spiro atoms. The van der Waals surface area contributed by atoms with Crippen molar-refractivity contribution in [3.05, 3.63) is 51.6 Å². The number of nitrogens with zero attached hydrogens (tertiary/aromatic N) is 1. The second-order valence-corrected chi connectivity index (χ2v) is 9.84. The van der Waals surface area contributed by atoms with E-state index in [4.69, 9.17) is 9.47 Å². The summed E-state index contributed by atoms with van der Waals surface area (Å²) in [6.45, 7) is 13.2. The van der Waals surface area contributed by atoms with E-state index in [0.717, 1.165) is 16.7 Å². The van der Waals surface area contributed by atoms with E-state index < -0.39 is 46.4 Å². The molecule has 0 saturated carbocycles. The van der Waals surface area contributed by atoms with E-state index >= 15 is 0 Å². The van der Waals surface area contributed by atoms with Gasteiger partial charge in [-0.25, -0.2) is 0 Å². The molecule has 0 heterocycles. The normalized spacial score (nSPS) is 13.1. The zero-order chi connectivity index (χ0) is 25.4. The van der Waals surface area contributed by atoms with Crippen molar-refractivity contribution in [2.75, 3.05) is 6.54 Å². The maximum absolute atomic E-state index is 12.9. The standard InChI is InChI=1S/C26H35NO6/c1-9-19(20-15-13-18(2)14-16-20)11-10-12-21(17-27(30)31)22(23(28)32-25(3,4)5)24(29)33-26(6,7)8/h11,13-16,21-22H,9,17H2,1-8H3/b19-11+. The number of aryl methyl sites for hydroxylation is 1. The molecule has 1 rings (SSSR count). The van der Waals surface area contributed by atoms with E-state index in [2.05, 4.69) is 11.8 Å². The molecule has 1 atom stereocenters. The highest BCUT2D eigenvalue weighted by Gasteiger charge is 2.42. The molecule has 7 heteroatoms. The lowest BCUT2D eigenvalue weighted by atomic mass is 9.91. The second-order valence-electron chi connectivity index (χ2n) is 9.84. The summed E-state index contributed by atoms with van der Waals surface area (Å²) in [5, 5.41) is 11.4. The molecule has 0 aliphatic carbocycles. The highest BCUT2D eigenvalue weighted by Crippen LogP contribution is 2.23. The Morgan fingerprint density at radius 3 is 1.91 bits per heavy atom. The van der Waals surface area contributed by atoms with Gasteiger partial charge in [0.1, 0.15) is 17.1 Å². The lowest BCUT2D eigenvalue weighted by Crippen LogP contribution is -2.42. The summed E-state index contributed by atoms with van der Waals surface area (Å²) >= 11 is 0. The molecule has 0 aromatic heterocycles. The third kappa shape index (κ3) is 10.3. The van der Waals surface area contributed by atoms with Gasteiger partial charge in [0, 0.05) is 4.92 Å². The van der Waals surface area contributed by atoms with Crippen LogP contribution < -0.4 is 0 Å². The Labute approximate surface area is 196 Å². The van der Waals surface area contributed by atoms with Crippen molar-refractivity contribution in [2.45, 2.75) is 73.0 Å². The number of rotatable bonds is 7. The van der Waals surface area contributed by atoms with Crippen LogP contribution in [0.25, 0.3) is 5.57 Å². The van der Waals surface area contributed by atoms with Gasteiger partial charge < -0.3 is 9.47 Å². The van der Waals surface area contributed by atoms with Crippen molar-refractivity contribution in [3.63, 3.8) is 0 Å². The lowest BCUT2D eigenvalue weighted by molar-refractivity contribution is -0.486. The van der Waals surface area contributed by atoms with Crippen LogP contribution in [0.5, 0.6) is 0 Å². The molecule has 1 aromatic carbocycles. The van der Waals surface area contributed by atoms with Gasteiger partial charge in [0.2, 0.25) is 6.54 Å². The van der Waals surface area contributed by atoms with Crippen LogP contribution in [-0.4, -0.2) is 34.6 Å². The Morgan fingerprint density at radius 2 is 1.52 bits per heavy atom. The number of hydrogen-bond donors (Lipinski definition) is 0. The number of carbonyl (C=O) groups is 2. The predicted octanol–water partition coefficient (Wildman–Crippen LogP) is 4.98. The Balaban J connectivity index is 3.40. The van der Waals surface area contributed by atoms with Crippen LogP contribution in [0.3, 0.4) is 0 Å². The van der Waals surface area contributed by atoms with Gasteiger partial charge in [0.05, 0.1) is 0 Å². The minimum Gasteiger partial charge on any atom is -0.459 e. The summed E-state index contributed by atoms with van der Waals surface area (Å²) in [6.07, 6.45) is 2.36. The number of esters is 2. The molecule has 7 nitrogen and oxygen atoms in total. The largest absolute Gasteiger partial charge is 0.459 e. The van der Waals surface area contributed by atoms with Gasteiger partial charge in [-0.05, 0) is 72.1 Å². The number of benzene rings is 1. The third-order valence-corrected chi connectivity index (χ3v) is 4.39. The minimum atomic E-state index is -1.54. The number of allylic oxidation sites excluding steroid dienone is 2. The zero-order valence-electron chi connectivity index (χ0n) is 20.9. The Bertz CT molecular complexity index is 908. The van der Waals surface area contributed by atoms with Gasteiger partial charge in [-0.3, -0.25) is 19.7 Å². The number of hydrogen-bond acceptors (Lipinski definition) is 6. The van der Waals surface area contributed by atoms with E-state index in [1.54, 1.807) is 47.6 Å². The highest BCUT2D eigenvalue weighted by molar-refractivity contribution is 5.96. The van der Waals surface area contributed by atoms with Crippen molar-refractivity contribution in [3.8, 4) is 11.8 Å². The van der Waals surface area contributed by atoms with Crippen molar-refractivity contribution < 1.29 is 24.0 Å². The van der Waals surface area contributed by atoms with Gasteiger partial charge in [-0.2, -0.15) is 0 Å². The molecule has 0 N–H and O–H groups in total. The molecule has 0 aliphatic heterocycles. The highest BCUT2D eigenvalue weighted by atomic mass is 16.6. The van der Waals surface area contributed by atoms with Crippen molar-refractivity contribution >= 4 is 17.5 Å². The summed E-state index contributed by atoms with van der Waals surface area (Å²) < 4.78 is 10.8. The smallest absolute Gasteiger partial charge is 0.322 e. The molecule has 33 heavy (non-hydrogen) atoms. The fourth-order valence-corrected chi connectivity index (χ4v) is 2.94. The summed E-state index contributed by atoms with van der Waals surface area (Å²) in [6, 6.07) is 7.93. The first-order chi connectivity index (χ1) is 15.1. The van der Waals surface area contributed by atoms with Crippen molar-refractivity contribution in [1.82, 2.24) is 0 Å². The predicted molar refractivity (Wildman–Crippen MR) is 128 cm³/mol. The molecule has 1 aromatic rings. The molecule has 0 aliphatic rings. The first kappa shape index (κ1) is 27.9. The Kier molecular flexibility index (Phi) is 9.84. The maximum atomic E-state index is 12.9.